The first-order valence-electron chi connectivity index (χ1n) is 5.74. The Hall–Kier alpha value is -1.00. The van der Waals surface area contributed by atoms with Gasteiger partial charge in [0.25, 0.3) is 5.91 Å². The molecule has 1 amide bonds. The summed E-state index contributed by atoms with van der Waals surface area (Å²) in [6, 6.07) is 7.56. The molecule has 0 fully saturated rings. The molecule has 0 saturated carbocycles. The molecule has 4 heteroatoms. The molecule has 0 bridgehead atoms. The quantitative estimate of drug-likeness (QED) is 0.604. The van der Waals surface area contributed by atoms with Crippen LogP contribution >= 0.6 is 11.8 Å². The number of aliphatic hydroxyl groups excluding tert-OH is 1. The van der Waals surface area contributed by atoms with Gasteiger partial charge in [0.15, 0.2) is 0 Å². The molecule has 0 heterocycles. The second-order valence-corrected chi connectivity index (χ2v) is 4.80. The molecule has 0 aliphatic carbocycles. The fraction of sp³-hybridized carbons (Fsp3) is 0.462. The number of benzene rings is 1. The van der Waals surface area contributed by atoms with Gasteiger partial charge in [0.2, 0.25) is 0 Å². The van der Waals surface area contributed by atoms with Crippen molar-refractivity contribution in [2.24, 2.45) is 0 Å². The second-order valence-electron chi connectivity index (χ2n) is 3.95. The third kappa shape index (κ3) is 4.79. The number of amides is 1. The zero-order valence-corrected chi connectivity index (χ0v) is 11.1. The fourth-order valence-corrected chi connectivity index (χ4v) is 2.12. The third-order valence-electron chi connectivity index (χ3n) is 2.44. The summed E-state index contributed by atoms with van der Waals surface area (Å²) >= 11 is 1.57. The molecular weight excluding hydrogens is 234 g/mol. The molecule has 1 rings (SSSR count). The topological polar surface area (TPSA) is 49.3 Å². The van der Waals surface area contributed by atoms with Crippen LogP contribution in [0.15, 0.2) is 29.2 Å². The van der Waals surface area contributed by atoms with Gasteiger partial charge in [-0.2, -0.15) is 0 Å². The van der Waals surface area contributed by atoms with Gasteiger partial charge < -0.3 is 10.4 Å². The summed E-state index contributed by atoms with van der Waals surface area (Å²) in [5.74, 6) is -0.0412. The zero-order valence-electron chi connectivity index (χ0n) is 10.3. The molecule has 1 aromatic rings. The van der Waals surface area contributed by atoms with Gasteiger partial charge in [0.05, 0.1) is 11.7 Å². The molecule has 0 saturated heterocycles. The lowest BCUT2D eigenvalue weighted by molar-refractivity contribution is 0.0947. The predicted molar refractivity (Wildman–Crippen MR) is 71.5 cm³/mol. The minimum Gasteiger partial charge on any atom is -0.393 e. The molecule has 0 spiro atoms. The Labute approximate surface area is 107 Å². The van der Waals surface area contributed by atoms with E-state index in [9.17, 15) is 4.79 Å². The first-order chi connectivity index (χ1) is 8.15. The summed E-state index contributed by atoms with van der Waals surface area (Å²) < 4.78 is 0. The van der Waals surface area contributed by atoms with Crippen LogP contribution in [0.1, 0.15) is 30.1 Å². The van der Waals surface area contributed by atoms with Crippen LogP contribution in [0, 0.1) is 0 Å². The number of aliphatic hydroxyl groups is 1. The van der Waals surface area contributed by atoms with Crippen LogP contribution in [0.3, 0.4) is 0 Å². The lowest BCUT2D eigenvalue weighted by Crippen LogP contribution is -2.25. The largest absolute Gasteiger partial charge is 0.393 e. The Kier molecular flexibility index (Phi) is 6.08. The van der Waals surface area contributed by atoms with E-state index in [1.807, 2.05) is 30.5 Å². The minimum atomic E-state index is -0.301. The third-order valence-corrected chi connectivity index (χ3v) is 3.23. The number of carbonyl (C=O) groups excluding carboxylic acids is 1. The molecule has 0 aromatic heterocycles. The fourth-order valence-electron chi connectivity index (χ4n) is 1.53. The zero-order chi connectivity index (χ0) is 12.7. The summed E-state index contributed by atoms with van der Waals surface area (Å²) in [5.41, 5.74) is 0.719. The Balaban J connectivity index is 2.47. The SMILES string of the molecule is CSc1ccccc1C(=O)NCCCC(C)O. The van der Waals surface area contributed by atoms with Crippen LogP contribution < -0.4 is 5.32 Å². The van der Waals surface area contributed by atoms with Gasteiger partial charge in [-0.05, 0) is 38.2 Å². The molecule has 0 radical (unpaired) electrons. The number of hydrogen-bond donors (Lipinski definition) is 2. The molecule has 2 N–H and O–H groups in total. The van der Waals surface area contributed by atoms with Crippen LogP contribution in [-0.4, -0.2) is 29.9 Å². The monoisotopic (exact) mass is 253 g/mol. The van der Waals surface area contributed by atoms with E-state index >= 15 is 0 Å². The highest BCUT2D eigenvalue weighted by Crippen LogP contribution is 2.19. The number of nitrogens with one attached hydrogen (secondary N) is 1. The van der Waals surface area contributed by atoms with Crippen molar-refractivity contribution in [2.75, 3.05) is 12.8 Å². The second kappa shape index (κ2) is 7.35. The Morgan fingerprint density at radius 2 is 2.18 bits per heavy atom. The van der Waals surface area contributed by atoms with Crippen molar-refractivity contribution in [2.45, 2.75) is 30.8 Å². The normalized spacial score (nSPS) is 12.2. The first kappa shape index (κ1) is 14.1. The van der Waals surface area contributed by atoms with E-state index in [2.05, 4.69) is 5.32 Å². The molecule has 94 valence electrons. The van der Waals surface area contributed by atoms with Crippen LogP contribution in [0.4, 0.5) is 0 Å². The van der Waals surface area contributed by atoms with Crippen molar-refractivity contribution >= 4 is 17.7 Å². The van der Waals surface area contributed by atoms with Crippen LogP contribution in [-0.2, 0) is 0 Å². The lowest BCUT2D eigenvalue weighted by atomic mass is 10.2. The number of rotatable bonds is 6. The highest BCUT2D eigenvalue weighted by Gasteiger charge is 2.09. The minimum absolute atomic E-state index is 0.0412. The van der Waals surface area contributed by atoms with Gasteiger partial charge >= 0.3 is 0 Å². The van der Waals surface area contributed by atoms with Gasteiger partial charge in [-0.15, -0.1) is 11.8 Å². The summed E-state index contributed by atoms with van der Waals surface area (Å²) in [6.07, 6.45) is 3.17. The van der Waals surface area contributed by atoms with E-state index in [4.69, 9.17) is 5.11 Å². The van der Waals surface area contributed by atoms with Crippen LogP contribution in [0.2, 0.25) is 0 Å². The van der Waals surface area contributed by atoms with E-state index in [-0.39, 0.29) is 12.0 Å². The molecule has 17 heavy (non-hydrogen) atoms. The highest BCUT2D eigenvalue weighted by atomic mass is 32.2. The standard InChI is InChI=1S/C13H19NO2S/c1-10(15)6-5-9-14-13(16)11-7-3-4-8-12(11)17-2/h3-4,7-8,10,15H,5-6,9H2,1-2H3,(H,14,16). The van der Waals surface area contributed by atoms with Crippen molar-refractivity contribution in [1.82, 2.24) is 5.32 Å². The predicted octanol–water partition coefficient (Wildman–Crippen LogP) is 2.30. The van der Waals surface area contributed by atoms with Crippen LogP contribution in [0.5, 0.6) is 0 Å². The van der Waals surface area contributed by atoms with Gasteiger partial charge in [0, 0.05) is 11.4 Å². The molecule has 1 unspecified atom stereocenters. The summed E-state index contributed by atoms with van der Waals surface area (Å²) in [4.78, 5) is 12.9. The van der Waals surface area contributed by atoms with Crippen molar-refractivity contribution in [3.63, 3.8) is 0 Å². The van der Waals surface area contributed by atoms with Gasteiger partial charge in [0.1, 0.15) is 0 Å². The Morgan fingerprint density at radius 3 is 2.82 bits per heavy atom. The summed E-state index contributed by atoms with van der Waals surface area (Å²) in [6.45, 7) is 2.36. The maximum absolute atomic E-state index is 11.9. The lowest BCUT2D eigenvalue weighted by Gasteiger charge is -2.09. The van der Waals surface area contributed by atoms with E-state index in [0.717, 1.165) is 16.9 Å². The first-order valence-corrected chi connectivity index (χ1v) is 6.97. The summed E-state index contributed by atoms with van der Waals surface area (Å²) in [5, 5.41) is 12.0. The average molecular weight is 253 g/mol. The molecule has 0 aliphatic heterocycles. The van der Waals surface area contributed by atoms with E-state index in [1.54, 1.807) is 18.7 Å². The maximum Gasteiger partial charge on any atom is 0.252 e. The van der Waals surface area contributed by atoms with Crippen molar-refractivity contribution in [1.29, 1.82) is 0 Å². The molecule has 1 aromatic carbocycles. The Morgan fingerprint density at radius 1 is 1.47 bits per heavy atom. The number of thioether (sulfide) groups is 1. The van der Waals surface area contributed by atoms with Crippen molar-refractivity contribution < 1.29 is 9.90 Å². The average Bonchev–Trinajstić information content (AvgIpc) is 2.34. The van der Waals surface area contributed by atoms with Crippen molar-refractivity contribution in [3.05, 3.63) is 29.8 Å². The van der Waals surface area contributed by atoms with Gasteiger partial charge in [-0.25, -0.2) is 0 Å². The van der Waals surface area contributed by atoms with E-state index in [1.165, 1.54) is 0 Å². The Bertz CT molecular complexity index is 366. The summed E-state index contributed by atoms with van der Waals surface area (Å²) in [7, 11) is 0. The molecular formula is C13H19NO2S. The van der Waals surface area contributed by atoms with Gasteiger partial charge in [-0.3, -0.25) is 4.79 Å². The van der Waals surface area contributed by atoms with E-state index in [0.29, 0.717) is 13.0 Å². The van der Waals surface area contributed by atoms with E-state index < -0.39 is 0 Å². The molecule has 3 nitrogen and oxygen atoms in total. The van der Waals surface area contributed by atoms with Gasteiger partial charge in [-0.1, -0.05) is 12.1 Å². The van der Waals surface area contributed by atoms with Crippen LogP contribution in [0.25, 0.3) is 0 Å². The number of carbonyl (C=O) groups is 1. The maximum atomic E-state index is 11.9. The highest BCUT2D eigenvalue weighted by molar-refractivity contribution is 7.98. The van der Waals surface area contributed by atoms with Crippen molar-refractivity contribution in [3.8, 4) is 0 Å². The number of hydrogen-bond acceptors (Lipinski definition) is 3. The molecule has 0 aliphatic rings. The molecule has 1 atom stereocenters. The smallest absolute Gasteiger partial charge is 0.252 e.